The minimum absolute atomic E-state index is 0.0156. The van der Waals surface area contributed by atoms with Crippen molar-refractivity contribution in [2.45, 2.75) is 6.42 Å². The molecule has 3 rings (SSSR count). The SMILES string of the molecule is Cn1c(Cc2ccccc2)c(F)c2c(N)nc(Cl)nc21. The van der Waals surface area contributed by atoms with Crippen LogP contribution in [0.2, 0.25) is 5.28 Å². The summed E-state index contributed by atoms with van der Waals surface area (Å²) in [5.74, 6) is -0.326. The van der Waals surface area contributed by atoms with E-state index in [1.807, 2.05) is 30.3 Å². The van der Waals surface area contributed by atoms with Gasteiger partial charge in [-0.05, 0) is 17.2 Å². The van der Waals surface area contributed by atoms with Gasteiger partial charge in [0.05, 0.1) is 11.1 Å². The van der Waals surface area contributed by atoms with Gasteiger partial charge in [0, 0.05) is 13.5 Å². The number of anilines is 1. The summed E-state index contributed by atoms with van der Waals surface area (Å²) in [7, 11) is 1.74. The van der Waals surface area contributed by atoms with E-state index in [0.29, 0.717) is 17.8 Å². The van der Waals surface area contributed by atoms with E-state index < -0.39 is 0 Å². The summed E-state index contributed by atoms with van der Waals surface area (Å²) in [5, 5.41) is 0.240. The molecule has 2 aromatic heterocycles. The summed E-state index contributed by atoms with van der Waals surface area (Å²) in [6.07, 6.45) is 0.455. The van der Waals surface area contributed by atoms with Gasteiger partial charge in [0.2, 0.25) is 5.28 Å². The molecule has 3 aromatic rings. The maximum atomic E-state index is 14.5. The second kappa shape index (κ2) is 4.76. The lowest BCUT2D eigenvalue weighted by Crippen LogP contribution is -2.00. The van der Waals surface area contributed by atoms with Crippen molar-refractivity contribution in [1.82, 2.24) is 14.5 Å². The lowest BCUT2D eigenvalue weighted by molar-refractivity contribution is 0.613. The molecule has 2 heterocycles. The topological polar surface area (TPSA) is 56.7 Å². The number of rotatable bonds is 2. The molecular weight excluding hydrogens is 279 g/mol. The number of fused-ring (bicyclic) bond motifs is 1. The zero-order valence-corrected chi connectivity index (χ0v) is 11.5. The number of hydrogen-bond acceptors (Lipinski definition) is 3. The Bertz CT molecular complexity index is 783. The summed E-state index contributed by atoms with van der Waals surface area (Å²) in [6.45, 7) is 0. The average molecular weight is 291 g/mol. The monoisotopic (exact) mass is 290 g/mol. The zero-order valence-electron chi connectivity index (χ0n) is 10.8. The zero-order chi connectivity index (χ0) is 14.3. The summed E-state index contributed by atoms with van der Waals surface area (Å²) < 4.78 is 16.2. The molecule has 0 saturated heterocycles. The quantitative estimate of drug-likeness (QED) is 0.738. The van der Waals surface area contributed by atoms with Gasteiger partial charge in [-0.3, -0.25) is 0 Å². The van der Waals surface area contributed by atoms with E-state index in [0.717, 1.165) is 5.56 Å². The highest BCUT2D eigenvalue weighted by atomic mass is 35.5. The third kappa shape index (κ3) is 2.00. The maximum absolute atomic E-state index is 14.5. The molecule has 4 nitrogen and oxygen atoms in total. The van der Waals surface area contributed by atoms with Crippen LogP contribution >= 0.6 is 11.6 Å². The molecule has 0 saturated carbocycles. The summed E-state index contributed by atoms with van der Waals surface area (Å²) in [6, 6.07) is 9.64. The first-order valence-corrected chi connectivity index (χ1v) is 6.45. The molecule has 0 amide bonds. The van der Waals surface area contributed by atoms with Gasteiger partial charge in [0.1, 0.15) is 11.5 Å². The molecule has 0 bridgehead atoms. The van der Waals surface area contributed by atoms with E-state index in [2.05, 4.69) is 9.97 Å². The van der Waals surface area contributed by atoms with E-state index in [1.165, 1.54) is 0 Å². The van der Waals surface area contributed by atoms with Crippen LogP contribution in [0.25, 0.3) is 11.0 Å². The molecule has 0 aliphatic heterocycles. The van der Waals surface area contributed by atoms with Crippen LogP contribution in [0, 0.1) is 5.82 Å². The third-order valence-electron chi connectivity index (χ3n) is 3.30. The van der Waals surface area contributed by atoms with Crippen molar-refractivity contribution in [2.75, 3.05) is 5.73 Å². The molecule has 102 valence electrons. The highest BCUT2D eigenvalue weighted by Crippen LogP contribution is 2.28. The number of hydrogen-bond donors (Lipinski definition) is 1. The van der Waals surface area contributed by atoms with Crippen LogP contribution in [0.1, 0.15) is 11.3 Å². The lowest BCUT2D eigenvalue weighted by atomic mass is 10.1. The lowest BCUT2D eigenvalue weighted by Gasteiger charge is -2.04. The smallest absolute Gasteiger partial charge is 0.226 e. The Kier molecular flexibility index (Phi) is 3.06. The Labute approximate surface area is 120 Å². The fourth-order valence-corrected chi connectivity index (χ4v) is 2.47. The molecule has 2 N–H and O–H groups in total. The summed E-state index contributed by atoms with van der Waals surface area (Å²) in [5.41, 5.74) is 7.67. The fourth-order valence-electron chi connectivity index (χ4n) is 2.30. The number of aryl methyl sites for hydroxylation is 1. The van der Waals surface area contributed by atoms with Crippen molar-refractivity contribution in [2.24, 2.45) is 7.05 Å². The van der Waals surface area contributed by atoms with Crippen LogP contribution in [0.3, 0.4) is 0 Å². The molecule has 0 aliphatic carbocycles. The van der Waals surface area contributed by atoms with E-state index in [-0.39, 0.29) is 22.3 Å². The number of halogens is 2. The Morgan fingerprint density at radius 1 is 1.25 bits per heavy atom. The molecular formula is C14H12ClFN4. The van der Waals surface area contributed by atoms with Crippen molar-refractivity contribution >= 4 is 28.5 Å². The largest absolute Gasteiger partial charge is 0.383 e. The average Bonchev–Trinajstić information content (AvgIpc) is 2.65. The molecule has 0 spiro atoms. The van der Waals surface area contributed by atoms with Gasteiger partial charge in [0.25, 0.3) is 0 Å². The molecule has 0 unspecified atom stereocenters. The van der Waals surface area contributed by atoms with Gasteiger partial charge in [-0.1, -0.05) is 30.3 Å². The van der Waals surface area contributed by atoms with Gasteiger partial charge >= 0.3 is 0 Å². The molecule has 0 aliphatic rings. The molecule has 0 atom stereocenters. The molecule has 0 radical (unpaired) electrons. The van der Waals surface area contributed by atoms with Gasteiger partial charge in [-0.2, -0.15) is 4.98 Å². The standard InChI is InChI=1S/C14H12ClFN4/c1-20-9(7-8-5-3-2-4-6-8)11(16)10-12(17)18-14(15)19-13(10)20/h2-6H,7H2,1H3,(H2,17,18,19). The van der Waals surface area contributed by atoms with Crippen molar-refractivity contribution in [3.8, 4) is 0 Å². The Morgan fingerprint density at radius 3 is 2.65 bits per heavy atom. The van der Waals surface area contributed by atoms with Crippen LogP contribution in [-0.4, -0.2) is 14.5 Å². The predicted molar refractivity (Wildman–Crippen MR) is 77.1 cm³/mol. The predicted octanol–water partition coefficient (Wildman–Crippen LogP) is 2.93. The molecule has 0 fully saturated rings. The van der Waals surface area contributed by atoms with Gasteiger partial charge in [-0.15, -0.1) is 0 Å². The second-order valence-electron chi connectivity index (χ2n) is 4.56. The minimum atomic E-state index is -0.388. The Morgan fingerprint density at radius 2 is 1.95 bits per heavy atom. The number of benzene rings is 1. The normalized spacial score (nSPS) is 11.2. The number of nitrogens with two attached hydrogens (primary N) is 1. The minimum Gasteiger partial charge on any atom is -0.383 e. The van der Waals surface area contributed by atoms with Crippen molar-refractivity contribution in [3.63, 3.8) is 0 Å². The van der Waals surface area contributed by atoms with E-state index in [9.17, 15) is 4.39 Å². The van der Waals surface area contributed by atoms with Crippen LogP contribution in [-0.2, 0) is 13.5 Å². The number of aromatic nitrogens is 3. The van der Waals surface area contributed by atoms with Gasteiger partial charge < -0.3 is 10.3 Å². The molecule has 6 heteroatoms. The van der Waals surface area contributed by atoms with Crippen LogP contribution in [0.5, 0.6) is 0 Å². The van der Waals surface area contributed by atoms with Crippen molar-refractivity contribution in [3.05, 3.63) is 52.7 Å². The number of nitrogens with zero attached hydrogens (tertiary/aromatic N) is 3. The van der Waals surface area contributed by atoms with Crippen molar-refractivity contribution in [1.29, 1.82) is 0 Å². The summed E-state index contributed by atoms with van der Waals surface area (Å²) in [4.78, 5) is 7.86. The molecule has 20 heavy (non-hydrogen) atoms. The van der Waals surface area contributed by atoms with Crippen LogP contribution in [0.4, 0.5) is 10.2 Å². The first-order valence-electron chi connectivity index (χ1n) is 6.07. The van der Waals surface area contributed by atoms with Crippen LogP contribution < -0.4 is 5.73 Å². The Balaban J connectivity index is 2.19. The first kappa shape index (κ1) is 12.9. The van der Waals surface area contributed by atoms with Crippen LogP contribution in [0.15, 0.2) is 30.3 Å². The van der Waals surface area contributed by atoms with Gasteiger partial charge in [0.15, 0.2) is 5.82 Å². The second-order valence-corrected chi connectivity index (χ2v) is 4.90. The van der Waals surface area contributed by atoms with E-state index >= 15 is 0 Å². The third-order valence-corrected chi connectivity index (χ3v) is 3.47. The molecule has 1 aromatic carbocycles. The van der Waals surface area contributed by atoms with E-state index in [1.54, 1.807) is 11.6 Å². The van der Waals surface area contributed by atoms with E-state index in [4.69, 9.17) is 17.3 Å². The first-order chi connectivity index (χ1) is 9.58. The highest BCUT2D eigenvalue weighted by molar-refractivity contribution is 6.28. The van der Waals surface area contributed by atoms with Crippen molar-refractivity contribution < 1.29 is 4.39 Å². The summed E-state index contributed by atoms with van der Waals surface area (Å²) >= 11 is 5.78. The Hall–Kier alpha value is -2.14. The maximum Gasteiger partial charge on any atom is 0.226 e. The van der Waals surface area contributed by atoms with Gasteiger partial charge in [-0.25, -0.2) is 9.37 Å². The number of nitrogen functional groups attached to an aromatic ring is 1. The highest BCUT2D eigenvalue weighted by Gasteiger charge is 2.20. The fraction of sp³-hybridized carbons (Fsp3) is 0.143.